The van der Waals surface area contributed by atoms with Gasteiger partial charge in [0, 0.05) is 22.0 Å². The number of thioether (sulfide) groups is 1. The molecule has 7 heteroatoms. The predicted molar refractivity (Wildman–Crippen MR) is 81.2 cm³/mol. The minimum atomic E-state index is -3.52. The van der Waals surface area contributed by atoms with Crippen LogP contribution in [0.2, 0.25) is 0 Å². The molecule has 0 aliphatic heterocycles. The summed E-state index contributed by atoms with van der Waals surface area (Å²) in [5.41, 5.74) is 6.05. The molecule has 0 fully saturated rings. The van der Waals surface area contributed by atoms with Gasteiger partial charge >= 0.3 is 0 Å². The molecule has 0 aliphatic rings. The molecule has 1 aromatic carbocycles. The number of rotatable bonds is 5. The molecular weight excluding hydrogens is 300 g/mol. The summed E-state index contributed by atoms with van der Waals surface area (Å²) in [6.45, 7) is 0.349. The molecule has 0 spiro atoms. The Kier molecular flexibility index (Phi) is 4.51. The van der Waals surface area contributed by atoms with Crippen LogP contribution in [0, 0.1) is 0 Å². The van der Waals surface area contributed by atoms with Gasteiger partial charge < -0.3 is 5.73 Å². The van der Waals surface area contributed by atoms with E-state index in [-0.39, 0.29) is 4.21 Å². The quantitative estimate of drug-likeness (QED) is 0.832. The van der Waals surface area contributed by atoms with Crippen molar-refractivity contribution in [2.24, 2.45) is 5.73 Å². The van der Waals surface area contributed by atoms with Gasteiger partial charge in [0.05, 0.1) is 0 Å². The van der Waals surface area contributed by atoms with Crippen molar-refractivity contribution in [3.8, 4) is 0 Å². The molecule has 2 aromatic rings. The van der Waals surface area contributed by atoms with Crippen molar-refractivity contribution in [1.29, 1.82) is 0 Å². The van der Waals surface area contributed by atoms with Crippen LogP contribution in [0.5, 0.6) is 0 Å². The van der Waals surface area contributed by atoms with E-state index >= 15 is 0 Å². The Morgan fingerprint density at radius 1 is 1.32 bits per heavy atom. The average Bonchev–Trinajstić information content (AvgIpc) is 2.88. The number of anilines is 1. The van der Waals surface area contributed by atoms with Crippen LogP contribution < -0.4 is 10.5 Å². The molecule has 0 saturated carbocycles. The lowest BCUT2D eigenvalue weighted by Gasteiger charge is -2.07. The summed E-state index contributed by atoms with van der Waals surface area (Å²) in [5.74, 6) is 0. The number of sulfonamides is 1. The van der Waals surface area contributed by atoms with E-state index in [2.05, 4.69) is 4.72 Å². The van der Waals surface area contributed by atoms with Crippen LogP contribution >= 0.6 is 23.1 Å². The van der Waals surface area contributed by atoms with Crippen molar-refractivity contribution in [2.75, 3.05) is 11.0 Å². The lowest BCUT2D eigenvalue weighted by molar-refractivity contribution is 0.603. The third-order valence-corrected chi connectivity index (χ3v) is 6.13. The van der Waals surface area contributed by atoms with Gasteiger partial charge in [-0.3, -0.25) is 4.72 Å². The third-order valence-electron chi connectivity index (χ3n) is 2.42. The van der Waals surface area contributed by atoms with E-state index in [0.717, 1.165) is 9.77 Å². The van der Waals surface area contributed by atoms with Crippen molar-refractivity contribution in [1.82, 2.24) is 0 Å². The monoisotopic (exact) mass is 314 g/mol. The maximum absolute atomic E-state index is 12.2. The number of nitrogens with two attached hydrogens (primary N) is 1. The second kappa shape index (κ2) is 5.96. The summed E-state index contributed by atoms with van der Waals surface area (Å²) in [6.07, 6.45) is 1.94. The van der Waals surface area contributed by atoms with E-state index in [4.69, 9.17) is 5.73 Å². The Morgan fingerprint density at radius 2 is 2.11 bits per heavy atom. The van der Waals surface area contributed by atoms with Gasteiger partial charge in [0.2, 0.25) is 0 Å². The second-order valence-electron chi connectivity index (χ2n) is 3.76. The van der Waals surface area contributed by atoms with Gasteiger partial charge in [-0.15, -0.1) is 23.1 Å². The van der Waals surface area contributed by atoms with Crippen molar-refractivity contribution in [2.45, 2.75) is 15.6 Å². The largest absolute Gasteiger partial charge is 0.326 e. The summed E-state index contributed by atoms with van der Waals surface area (Å²) in [6, 6.07) is 10.6. The molecule has 0 atom stereocenters. The number of hydrogen-bond donors (Lipinski definition) is 2. The van der Waals surface area contributed by atoms with Gasteiger partial charge in [-0.1, -0.05) is 6.07 Å². The van der Waals surface area contributed by atoms with Crippen LogP contribution in [0.4, 0.5) is 5.69 Å². The summed E-state index contributed by atoms with van der Waals surface area (Å²) in [5, 5.41) is 0. The van der Waals surface area contributed by atoms with E-state index in [1.54, 1.807) is 36.0 Å². The highest BCUT2D eigenvalue weighted by Gasteiger charge is 2.16. The molecule has 2 rings (SSSR count). The highest BCUT2D eigenvalue weighted by molar-refractivity contribution is 7.98. The van der Waals surface area contributed by atoms with Crippen LogP contribution in [0.1, 0.15) is 4.88 Å². The molecule has 102 valence electrons. The lowest BCUT2D eigenvalue weighted by Crippen LogP contribution is -2.11. The first-order valence-electron chi connectivity index (χ1n) is 5.51. The SMILES string of the molecule is CSc1cccc(NS(=O)(=O)c2ccc(CN)s2)c1. The summed E-state index contributed by atoms with van der Waals surface area (Å²) < 4.78 is 27.2. The fraction of sp³-hybridized carbons (Fsp3) is 0.167. The fourth-order valence-electron chi connectivity index (χ4n) is 1.50. The van der Waals surface area contributed by atoms with Crippen molar-refractivity contribution in [3.05, 3.63) is 41.3 Å². The second-order valence-corrected chi connectivity index (χ2v) is 7.72. The summed E-state index contributed by atoms with van der Waals surface area (Å²) in [7, 11) is -3.52. The molecule has 1 aromatic heterocycles. The van der Waals surface area contributed by atoms with E-state index in [0.29, 0.717) is 12.2 Å². The van der Waals surface area contributed by atoms with Crippen LogP contribution in [0.15, 0.2) is 45.5 Å². The minimum Gasteiger partial charge on any atom is -0.326 e. The summed E-state index contributed by atoms with van der Waals surface area (Å²) in [4.78, 5) is 1.85. The van der Waals surface area contributed by atoms with Gasteiger partial charge in [-0.25, -0.2) is 8.42 Å². The number of thiophene rings is 1. The Labute approximate surface area is 121 Å². The molecule has 3 N–H and O–H groups in total. The number of hydrogen-bond acceptors (Lipinski definition) is 5. The smallest absolute Gasteiger partial charge is 0.271 e. The molecule has 1 heterocycles. The molecule has 4 nitrogen and oxygen atoms in total. The molecule has 0 amide bonds. The fourth-order valence-corrected chi connectivity index (χ4v) is 4.25. The third kappa shape index (κ3) is 3.50. The highest BCUT2D eigenvalue weighted by atomic mass is 32.2. The molecule has 0 radical (unpaired) electrons. The summed E-state index contributed by atoms with van der Waals surface area (Å²) >= 11 is 2.75. The standard InChI is InChI=1S/C12H14N2O2S3/c1-17-10-4-2-3-9(7-10)14-19(15,16)12-6-5-11(8-13)18-12/h2-7,14H,8,13H2,1H3. The van der Waals surface area contributed by atoms with E-state index in [1.807, 2.05) is 18.4 Å². The van der Waals surface area contributed by atoms with Gasteiger partial charge in [0.15, 0.2) is 0 Å². The molecule has 19 heavy (non-hydrogen) atoms. The molecule has 0 aliphatic carbocycles. The number of benzene rings is 1. The molecule has 0 unspecified atom stereocenters. The van der Waals surface area contributed by atoms with Gasteiger partial charge in [-0.05, 0) is 36.6 Å². The van der Waals surface area contributed by atoms with Crippen LogP contribution in [0.25, 0.3) is 0 Å². The average molecular weight is 314 g/mol. The van der Waals surface area contributed by atoms with Crippen LogP contribution in [-0.2, 0) is 16.6 Å². The number of nitrogens with one attached hydrogen (secondary N) is 1. The van der Waals surface area contributed by atoms with Crippen LogP contribution in [0.3, 0.4) is 0 Å². The van der Waals surface area contributed by atoms with Gasteiger partial charge in [0.25, 0.3) is 10.0 Å². The zero-order chi connectivity index (χ0) is 13.9. The molecule has 0 bridgehead atoms. The van der Waals surface area contributed by atoms with Gasteiger partial charge in [0.1, 0.15) is 4.21 Å². The van der Waals surface area contributed by atoms with Crippen LogP contribution in [-0.4, -0.2) is 14.7 Å². The first kappa shape index (κ1) is 14.4. The van der Waals surface area contributed by atoms with E-state index in [9.17, 15) is 8.42 Å². The highest BCUT2D eigenvalue weighted by Crippen LogP contribution is 2.25. The Balaban J connectivity index is 2.25. The maximum atomic E-state index is 12.2. The normalized spacial score (nSPS) is 11.5. The zero-order valence-electron chi connectivity index (χ0n) is 10.3. The van der Waals surface area contributed by atoms with E-state index < -0.39 is 10.0 Å². The zero-order valence-corrected chi connectivity index (χ0v) is 12.7. The minimum absolute atomic E-state index is 0.280. The Hall–Kier alpha value is -1.02. The molecular formula is C12H14N2O2S3. The van der Waals surface area contributed by atoms with Crippen molar-refractivity contribution < 1.29 is 8.42 Å². The maximum Gasteiger partial charge on any atom is 0.271 e. The van der Waals surface area contributed by atoms with Crippen molar-refractivity contribution in [3.63, 3.8) is 0 Å². The predicted octanol–water partition coefficient (Wildman–Crippen LogP) is 2.73. The Bertz CT molecular complexity index is 665. The first-order chi connectivity index (χ1) is 9.05. The van der Waals surface area contributed by atoms with Gasteiger partial charge in [-0.2, -0.15) is 0 Å². The molecule has 0 saturated heterocycles. The Morgan fingerprint density at radius 3 is 2.74 bits per heavy atom. The topological polar surface area (TPSA) is 72.2 Å². The lowest BCUT2D eigenvalue weighted by atomic mass is 10.3. The van der Waals surface area contributed by atoms with E-state index in [1.165, 1.54) is 11.3 Å². The van der Waals surface area contributed by atoms with Crippen molar-refractivity contribution >= 4 is 38.8 Å². The first-order valence-corrected chi connectivity index (χ1v) is 9.03.